The van der Waals surface area contributed by atoms with Crippen molar-refractivity contribution in [2.45, 2.75) is 26.4 Å². The summed E-state index contributed by atoms with van der Waals surface area (Å²) in [5.74, 6) is -0.225. The summed E-state index contributed by atoms with van der Waals surface area (Å²) in [4.78, 5) is 23.1. The Kier molecular flexibility index (Phi) is 7.34. The standard InChI is InChI=1S/C16H25N3O4/c1-16(2,3)23-15(22)19-9-8-17-13-6-4-12(5-7-13)14(21)18-10-11-20/h4-7,17,20H,8-11H2,1-3H3,(H,18,21)(H,19,22). The van der Waals surface area contributed by atoms with Crippen molar-refractivity contribution in [3.05, 3.63) is 29.8 Å². The zero-order valence-corrected chi connectivity index (χ0v) is 13.8. The van der Waals surface area contributed by atoms with Crippen molar-refractivity contribution < 1.29 is 19.4 Å². The van der Waals surface area contributed by atoms with Crippen LogP contribution in [-0.4, -0.2) is 48.9 Å². The maximum absolute atomic E-state index is 11.7. The predicted octanol–water partition coefficient (Wildman–Crippen LogP) is 1.35. The lowest BCUT2D eigenvalue weighted by molar-refractivity contribution is 0.0530. The van der Waals surface area contributed by atoms with Crippen LogP contribution >= 0.6 is 0 Å². The second kappa shape index (κ2) is 8.99. The van der Waals surface area contributed by atoms with Gasteiger partial charge in [0, 0.05) is 30.9 Å². The van der Waals surface area contributed by atoms with E-state index in [1.165, 1.54) is 0 Å². The summed E-state index contributed by atoms with van der Waals surface area (Å²) in [5.41, 5.74) is 0.856. The number of ether oxygens (including phenoxy) is 1. The summed E-state index contributed by atoms with van der Waals surface area (Å²) < 4.78 is 5.12. The molecule has 7 heteroatoms. The van der Waals surface area contributed by atoms with E-state index in [4.69, 9.17) is 9.84 Å². The van der Waals surface area contributed by atoms with Crippen molar-refractivity contribution in [1.82, 2.24) is 10.6 Å². The van der Waals surface area contributed by atoms with E-state index in [-0.39, 0.29) is 19.1 Å². The number of carbonyl (C=O) groups excluding carboxylic acids is 2. The van der Waals surface area contributed by atoms with Crippen molar-refractivity contribution in [2.24, 2.45) is 0 Å². The minimum absolute atomic E-state index is 0.0873. The van der Waals surface area contributed by atoms with E-state index in [1.807, 2.05) is 20.8 Å². The summed E-state index contributed by atoms with van der Waals surface area (Å²) in [6, 6.07) is 6.94. The molecular weight excluding hydrogens is 298 g/mol. The fraction of sp³-hybridized carbons (Fsp3) is 0.500. The third-order valence-electron chi connectivity index (χ3n) is 2.67. The molecule has 1 aromatic rings. The lowest BCUT2D eigenvalue weighted by Gasteiger charge is -2.19. The van der Waals surface area contributed by atoms with E-state index < -0.39 is 11.7 Å². The summed E-state index contributed by atoms with van der Waals surface area (Å²) in [6.07, 6.45) is -0.449. The van der Waals surface area contributed by atoms with Crippen LogP contribution in [0.25, 0.3) is 0 Å². The first-order valence-electron chi connectivity index (χ1n) is 7.51. The molecule has 7 nitrogen and oxygen atoms in total. The highest BCUT2D eigenvalue weighted by Crippen LogP contribution is 2.09. The Morgan fingerprint density at radius 2 is 1.70 bits per heavy atom. The fourth-order valence-corrected chi connectivity index (χ4v) is 1.70. The van der Waals surface area contributed by atoms with Gasteiger partial charge in [0.15, 0.2) is 0 Å². The summed E-state index contributed by atoms with van der Waals surface area (Å²) in [7, 11) is 0. The van der Waals surface area contributed by atoms with E-state index >= 15 is 0 Å². The Labute approximate surface area is 136 Å². The highest BCUT2D eigenvalue weighted by Gasteiger charge is 2.15. The Balaban J connectivity index is 2.31. The third kappa shape index (κ3) is 8.06. The van der Waals surface area contributed by atoms with Gasteiger partial charge in [-0.3, -0.25) is 4.79 Å². The van der Waals surface area contributed by atoms with Crippen LogP contribution in [0.1, 0.15) is 31.1 Å². The van der Waals surface area contributed by atoms with Crippen LogP contribution < -0.4 is 16.0 Å². The molecule has 1 aromatic carbocycles. The Bertz CT molecular complexity index is 509. The molecule has 0 bridgehead atoms. The molecule has 0 radical (unpaired) electrons. The van der Waals surface area contributed by atoms with Crippen LogP contribution in [0.3, 0.4) is 0 Å². The lowest BCUT2D eigenvalue weighted by Crippen LogP contribution is -2.35. The number of carbonyl (C=O) groups is 2. The van der Waals surface area contributed by atoms with Gasteiger partial charge in [-0.25, -0.2) is 4.79 Å². The number of amides is 2. The van der Waals surface area contributed by atoms with Crippen molar-refractivity contribution in [3.63, 3.8) is 0 Å². The van der Waals surface area contributed by atoms with Gasteiger partial charge in [0.25, 0.3) is 5.91 Å². The van der Waals surface area contributed by atoms with E-state index in [9.17, 15) is 9.59 Å². The normalized spacial score (nSPS) is 10.8. The highest BCUT2D eigenvalue weighted by molar-refractivity contribution is 5.94. The molecule has 0 spiro atoms. The van der Waals surface area contributed by atoms with Crippen LogP contribution in [-0.2, 0) is 4.74 Å². The number of nitrogens with one attached hydrogen (secondary N) is 3. The maximum atomic E-state index is 11.7. The number of benzene rings is 1. The molecule has 1 rings (SSSR count). The molecule has 4 N–H and O–H groups in total. The topological polar surface area (TPSA) is 99.7 Å². The first-order valence-corrected chi connectivity index (χ1v) is 7.51. The first-order chi connectivity index (χ1) is 10.8. The molecule has 0 heterocycles. The van der Waals surface area contributed by atoms with Crippen molar-refractivity contribution in [3.8, 4) is 0 Å². The van der Waals surface area contributed by atoms with Crippen LogP contribution in [0.5, 0.6) is 0 Å². The van der Waals surface area contributed by atoms with Gasteiger partial charge in [0.05, 0.1) is 6.61 Å². The average molecular weight is 323 g/mol. The van der Waals surface area contributed by atoms with Crippen molar-refractivity contribution in [1.29, 1.82) is 0 Å². The smallest absolute Gasteiger partial charge is 0.407 e. The molecule has 0 atom stereocenters. The largest absolute Gasteiger partial charge is 0.444 e. The van der Waals surface area contributed by atoms with Crippen LogP contribution in [0, 0.1) is 0 Å². The molecule has 0 aliphatic rings. The number of rotatable bonds is 7. The fourth-order valence-electron chi connectivity index (χ4n) is 1.70. The van der Waals surface area contributed by atoms with Gasteiger partial charge in [-0.15, -0.1) is 0 Å². The number of hydrogen-bond donors (Lipinski definition) is 4. The molecule has 0 aliphatic heterocycles. The van der Waals surface area contributed by atoms with E-state index in [0.29, 0.717) is 18.7 Å². The van der Waals surface area contributed by atoms with Crippen LogP contribution in [0.2, 0.25) is 0 Å². The Morgan fingerprint density at radius 3 is 2.26 bits per heavy atom. The van der Waals surface area contributed by atoms with Gasteiger partial charge >= 0.3 is 6.09 Å². The zero-order valence-electron chi connectivity index (χ0n) is 13.8. The summed E-state index contributed by atoms with van der Waals surface area (Å²) in [5, 5.41) is 17.0. The highest BCUT2D eigenvalue weighted by atomic mass is 16.6. The Hall–Kier alpha value is -2.28. The van der Waals surface area contributed by atoms with E-state index in [0.717, 1.165) is 5.69 Å². The minimum Gasteiger partial charge on any atom is -0.444 e. The molecule has 0 aliphatic carbocycles. The minimum atomic E-state index is -0.510. The van der Waals surface area contributed by atoms with Gasteiger partial charge in [-0.2, -0.15) is 0 Å². The molecule has 0 unspecified atom stereocenters. The molecule has 0 aromatic heterocycles. The number of alkyl carbamates (subject to hydrolysis) is 1. The lowest BCUT2D eigenvalue weighted by atomic mass is 10.2. The Morgan fingerprint density at radius 1 is 1.04 bits per heavy atom. The van der Waals surface area contributed by atoms with Crippen molar-refractivity contribution in [2.75, 3.05) is 31.6 Å². The van der Waals surface area contributed by atoms with E-state index in [2.05, 4.69) is 16.0 Å². The SMILES string of the molecule is CC(C)(C)OC(=O)NCCNc1ccc(C(=O)NCCO)cc1. The molecular formula is C16H25N3O4. The summed E-state index contributed by atoms with van der Waals surface area (Å²) in [6.45, 7) is 6.53. The van der Waals surface area contributed by atoms with Crippen molar-refractivity contribution >= 4 is 17.7 Å². The summed E-state index contributed by atoms with van der Waals surface area (Å²) >= 11 is 0. The van der Waals surface area contributed by atoms with Crippen LogP contribution in [0.15, 0.2) is 24.3 Å². The average Bonchev–Trinajstić information content (AvgIpc) is 2.48. The zero-order chi connectivity index (χ0) is 17.3. The number of anilines is 1. The second-order valence-corrected chi connectivity index (χ2v) is 5.91. The molecule has 0 fully saturated rings. The first kappa shape index (κ1) is 18.8. The van der Waals surface area contributed by atoms with Gasteiger partial charge < -0.3 is 25.8 Å². The van der Waals surface area contributed by atoms with Crippen LogP contribution in [0.4, 0.5) is 10.5 Å². The number of aliphatic hydroxyl groups is 1. The molecule has 128 valence electrons. The monoisotopic (exact) mass is 323 g/mol. The molecule has 0 saturated carbocycles. The van der Waals surface area contributed by atoms with Gasteiger partial charge in [-0.1, -0.05) is 0 Å². The van der Waals surface area contributed by atoms with Gasteiger partial charge in [-0.05, 0) is 45.0 Å². The quantitative estimate of drug-likeness (QED) is 0.568. The maximum Gasteiger partial charge on any atom is 0.407 e. The molecule has 0 saturated heterocycles. The molecule has 23 heavy (non-hydrogen) atoms. The van der Waals surface area contributed by atoms with Gasteiger partial charge in [0.2, 0.25) is 0 Å². The van der Waals surface area contributed by atoms with E-state index in [1.54, 1.807) is 24.3 Å². The third-order valence-corrected chi connectivity index (χ3v) is 2.67. The predicted molar refractivity (Wildman–Crippen MR) is 88.6 cm³/mol. The number of aliphatic hydroxyl groups excluding tert-OH is 1. The molecule has 2 amide bonds. The number of hydrogen-bond acceptors (Lipinski definition) is 5. The van der Waals surface area contributed by atoms with Gasteiger partial charge in [0.1, 0.15) is 5.60 Å². The second-order valence-electron chi connectivity index (χ2n) is 5.91.